The van der Waals surface area contributed by atoms with E-state index >= 15 is 0 Å². The van der Waals surface area contributed by atoms with E-state index in [1.54, 1.807) is 0 Å². The molecular weight excluding hydrogens is 405 g/mol. The molecular formula is C18H27F3N6OS. The van der Waals surface area contributed by atoms with Crippen LogP contribution in [-0.2, 0) is 10.9 Å². The predicted octanol–water partition coefficient (Wildman–Crippen LogP) is 2.35. The topological polar surface area (TPSA) is 65.6 Å². The van der Waals surface area contributed by atoms with Gasteiger partial charge in [0.15, 0.2) is 10.8 Å². The van der Waals surface area contributed by atoms with Gasteiger partial charge in [0.1, 0.15) is 5.82 Å². The Bertz CT molecular complexity index is 699. The van der Waals surface area contributed by atoms with Crippen molar-refractivity contribution >= 4 is 29.1 Å². The number of aromatic nitrogens is 2. The van der Waals surface area contributed by atoms with Crippen LogP contribution in [0.15, 0.2) is 6.07 Å². The minimum Gasteiger partial charge on any atom is -0.379 e. The quantitative estimate of drug-likeness (QED) is 0.688. The Balaban J connectivity index is 1.63. The summed E-state index contributed by atoms with van der Waals surface area (Å²) < 4.78 is 45.3. The maximum Gasteiger partial charge on any atom is 0.433 e. The smallest absolute Gasteiger partial charge is 0.379 e. The highest BCUT2D eigenvalue weighted by atomic mass is 32.1. The zero-order chi connectivity index (χ0) is 20.9. The van der Waals surface area contributed by atoms with Gasteiger partial charge in [-0.3, -0.25) is 4.90 Å². The molecule has 3 rings (SSSR count). The molecule has 2 N–H and O–H groups in total. The van der Waals surface area contributed by atoms with Gasteiger partial charge in [-0.25, -0.2) is 4.98 Å². The number of anilines is 2. The summed E-state index contributed by atoms with van der Waals surface area (Å²) in [4.78, 5) is 12.0. The first-order valence-corrected chi connectivity index (χ1v) is 10.3. The van der Waals surface area contributed by atoms with Gasteiger partial charge in [-0.2, -0.15) is 18.2 Å². The summed E-state index contributed by atoms with van der Waals surface area (Å²) in [5, 5.41) is 5.92. The minimum atomic E-state index is -4.55. The highest BCUT2D eigenvalue weighted by Gasteiger charge is 2.34. The highest BCUT2D eigenvalue weighted by Crippen LogP contribution is 2.31. The van der Waals surface area contributed by atoms with Crippen LogP contribution < -0.4 is 15.5 Å². The SMILES string of the molecule is C[C@H]1CCCN(c2cc(C(F)(F)F)nc(NC(=S)NCCN3CCOCC3)n2)C1. The lowest BCUT2D eigenvalue weighted by atomic mass is 10.0. The van der Waals surface area contributed by atoms with Gasteiger partial charge in [0.05, 0.1) is 13.2 Å². The van der Waals surface area contributed by atoms with E-state index in [1.165, 1.54) is 0 Å². The van der Waals surface area contributed by atoms with Gasteiger partial charge in [-0.15, -0.1) is 0 Å². The maximum absolute atomic E-state index is 13.3. The number of ether oxygens (including phenoxy) is 1. The van der Waals surface area contributed by atoms with Gasteiger partial charge in [0, 0.05) is 45.3 Å². The summed E-state index contributed by atoms with van der Waals surface area (Å²) in [6.45, 7) is 7.91. The molecule has 162 valence electrons. The molecule has 2 aliphatic rings. The van der Waals surface area contributed by atoms with Gasteiger partial charge in [0.2, 0.25) is 5.95 Å². The average molecular weight is 433 g/mol. The predicted molar refractivity (Wildman–Crippen MR) is 109 cm³/mol. The zero-order valence-electron chi connectivity index (χ0n) is 16.5. The van der Waals surface area contributed by atoms with Crippen LogP contribution >= 0.6 is 12.2 Å². The number of thiocarbonyl (C=S) groups is 1. The van der Waals surface area contributed by atoms with E-state index in [0.717, 1.165) is 38.5 Å². The summed E-state index contributed by atoms with van der Waals surface area (Å²) >= 11 is 5.22. The third kappa shape index (κ3) is 6.65. The van der Waals surface area contributed by atoms with E-state index in [1.807, 2.05) is 4.90 Å². The lowest BCUT2D eigenvalue weighted by molar-refractivity contribution is -0.141. The Hall–Kier alpha value is -1.72. The summed E-state index contributed by atoms with van der Waals surface area (Å²) in [7, 11) is 0. The van der Waals surface area contributed by atoms with Crippen LogP contribution in [0.3, 0.4) is 0 Å². The van der Waals surface area contributed by atoms with Gasteiger partial charge in [0.25, 0.3) is 0 Å². The molecule has 1 aromatic heterocycles. The summed E-state index contributed by atoms with van der Waals surface area (Å²) in [5.74, 6) is 0.543. The van der Waals surface area contributed by atoms with E-state index in [-0.39, 0.29) is 16.9 Å². The molecule has 2 fully saturated rings. The first-order chi connectivity index (χ1) is 13.8. The molecule has 0 unspecified atom stereocenters. The van der Waals surface area contributed by atoms with Crippen LogP contribution in [0.25, 0.3) is 0 Å². The number of nitrogens with zero attached hydrogens (tertiary/aromatic N) is 4. The largest absolute Gasteiger partial charge is 0.433 e. The Morgan fingerprint density at radius 1 is 1.28 bits per heavy atom. The van der Waals surface area contributed by atoms with E-state index in [4.69, 9.17) is 17.0 Å². The molecule has 0 aliphatic carbocycles. The summed E-state index contributed by atoms with van der Waals surface area (Å²) in [5.41, 5.74) is -0.973. The van der Waals surface area contributed by atoms with Crippen molar-refractivity contribution in [3.05, 3.63) is 11.8 Å². The molecule has 0 spiro atoms. The lowest BCUT2D eigenvalue weighted by Crippen LogP contribution is -2.42. The molecule has 11 heteroatoms. The van der Waals surface area contributed by atoms with E-state index < -0.39 is 11.9 Å². The number of hydrogen-bond acceptors (Lipinski definition) is 6. The van der Waals surface area contributed by atoms with Crippen molar-refractivity contribution in [1.82, 2.24) is 20.2 Å². The molecule has 29 heavy (non-hydrogen) atoms. The average Bonchev–Trinajstić information content (AvgIpc) is 2.68. The number of morpholine rings is 1. The lowest BCUT2D eigenvalue weighted by Gasteiger charge is -2.32. The number of halogens is 3. The number of rotatable bonds is 5. The van der Waals surface area contributed by atoms with Crippen molar-refractivity contribution in [2.24, 2.45) is 5.92 Å². The Morgan fingerprint density at radius 2 is 2.03 bits per heavy atom. The third-order valence-corrected chi connectivity index (χ3v) is 5.27. The molecule has 1 atom stereocenters. The second-order valence-electron chi connectivity index (χ2n) is 7.46. The van der Waals surface area contributed by atoms with Crippen LogP contribution in [0.4, 0.5) is 24.9 Å². The first kappa shape index (κ1) is 22.0. The summed E-state index contributed by atoms with van der Waals surface area (Å²) in [6.07, 6.45) is -2.56. The molecule has 1 aromatic rings. The van der Waals surface area contributed by atoms with Crippen molar-refractivity contribution in [1.29, 1.82) is 0 Å². The van der Waals surface area contributed by atoms with Crippen molar-refractivity contribution in [2.75, 3.05) is 62.7 Å². The fourth-order valence-corrected chi connectivity index (χ4v) is 3.69. The Labute approximate surface area is 174 Å². The van der Waals surface area contributed by atoms with Crippen LogP contribution in [0, 0.1) is 5.92 Å². The molecule has 7 nitrogen and oxygen atoms in total. The Morgan fingerprint density at radius 3 is 2.72 bits per heavy atom. The molecule has 0 amide bonds. The second kappa shape index (κ2) is 9.86. The number of nitrogens with one attached hydrogen (secondary N) is 2. The van der Waals surface area contributed by atoms with E-state index in [9.17, 15) is 13.2 Å². The number of piperidine rings is 1. The molecule has 0 radical (unpaired) electrons. The van der Waals surface area contributed by atoms with Crippen LogP contribution in [0.2, 0.25) is 0 Å². The van der Waals surface area contributed by atoms with Crippen LogP contribution in [0.1, 0.15) is 25.5 Å². The maximum atomic E-state index is 13.3. The van der Waals surface area contributed by atoms with Crippen molar-refractivity contribution < 1.29 is 17.9 Å². The Kier molecular flexibility index (Phi) is 7.47. The van der Waals surface area contributed by atoms with Crippen molar-refractivity contribution in [2.45, 2.75) is 25.9 Å². The normalized spacial score (nSPS) is 21.1. The van der Waals surface area contributed by atoms with E-state index in [0.29, 0.717) is 38.8 Å². The van der Waals surface area contributed by atoms with E-state index in [2.05, 4.69) is 32.4 Å². The summed E-state index contributed by atoms with van der Waals surface area (Å²) in [6, 6.07) is 1.01. The van der Waals surface area contributed by atoms with Gasteiger partial charge in [-0.05, 0) is 31.0 Å². The van der Waals surface area contributed by atoms with Crippen LogP contribution in [0.5, 0.6) is 0 Å². The molecule has 2 aliphatic heterocycles. The fourth-order valence-electron chi connectivity index (χ4n) is 3.49. The molecule has 0 bridgehead atoms. The molecule has 0 saturated carbocycles. The van der Waals surface area contributed by atoms with Crippen molar-refractivity contribution in [3.63, 3.8) is 0 Å². The van der Waals surface area contributed by atoms with Crippen molar-refractivity contribution in [3.8, 4) is 0 Å². The van der Waals surface area contributed by atoms with Crippen LogP contribution in [-0.4, -0.2) is 72.5 Å². The zero-order valence-corrected chi connectivity index (χ0v) is 17.3. The molecule has 0 aromatic carbocycles. The number of alkyl halides is 3. The third-order valence-electron chi connectivity index (χ3n) is 5.03. The molecule has 3 heterocycles. The standard InChI is InChI=1S/C18H27F3N6OS/c1-13-3-2-5-27(12-13)15-11-14(18(19,20)21)23-16(24-15)25-17(29)22-4-6-26-7-9-28-10-8-26/h11,13H,2-10,12H2,1H3,(H2,22,23,24,25,29)/t13-/m0/s1. The fraction of sp³-hybridized carbons (Fsp3) is 0.722. The first-order valence-electron chi connectivity index (χ1n) is 9.87. The van der Waals surface area contributed by atoms with Gasteiger partial charge in [-0.1, -0.05) is 6.92 Å². The number of hydrogen-bond donors (Lipinski definition) is 2. The molecule has 2 saturated heterocycles. The van der Waals surface area contributed by atoms with Gasteiger partial charge < -0.3 is 20.3 Å². The minimum absolute atomic E-state index is 0.142. The van der Waals surface area contributed by atoms with Gasteiger partial charge >= 0.3 is 6.18 Å². The monoisotopic (exact) mass is 432 g/mol. The highest BCUT2D eigenvalue weighted by molar-refractivity contribution is 7.80. The second-order valence-corrected chi connectivity index (χ2v) is 7.87.